The summed E-state index contributed by atoms with van der Waals surface area (Å²) in [6, 6.07) is 0. The number of rotatable bonds is 3. The van der Waals surface area contributed by atoms with E-state index in [1.54, 1.807) is 0 Å². The first kappa shape index (κ1) is 11.9. The highest BCUT2D eigenvalue weighted by atomic mass is 15.1. The normalized spacial score (nSPS) is 24.2. The minimum atomic E-state index is 0.938. The van der Waals surface area contributed by atoms with Crippen LogP contribution in [-0.4, -0.2) is 44.0 Å². The molecule has 0 saturated carbocycles. The van der Waals surface area contributed by atoms with Gasteiger partial charge in [0.1, 0.15) is 0 Å². The molecule has 0 aliphatic carbocycles. The van der Waals surface area contributed by atoms with Crippen molar-refractivity contribution in [1.29, 1.82) is 0 Å². The first-order valence-electron chi connectivity index (χ1n) is 6.80. The van der Waals surface area contributed by atoms with Crippen LogP contribution < -0.4 is 5.32 Å². The molecule has 0 bridgehead atoms. The van der Waals surface area contributed by atoms with Gasteiger partial charge in [-0.15, -0.1) is 0 Å². The van der Waals surface area contributed by atoms with Crippen molar-refractivity contribution in [3.63, 3.8) is 0 Å². The molecule has 0 spiro atoms. The Bertz CT molecular complexity index is 229. The highest BCUT2D eigenvalue weighted by Crippen LogP contribution is 2.18. The zero-order chi connectivity index (χ0) is 11.2. The Hall–Kier alpha value is -0.570. The summed E-state index contributed by atoms with van der Waals surface area (Å²) < 4.78 is 0. The fourth-order valence-corrected chi connectivity index (χ4v) is 2.61. The highest BCUT2D eigenvalue weighted by molar-refractivity contribution is 5.82. The zero-order valence-electron chi connectivity index (χ0n) is 10.5. The third kappa shape index (κ3) is 3.78. The van der Waals surface area contributed by atoms with Gasteiger partial charge in [-0.2, -0.15) is 0 Å². The summed E-state index contributed by atoms with van der Waals surface area (Å²) in [5, 5.41) is 3.52. The summed E-state index contributed by atoms with van der Waals surface area (Å²) in [5.41, 5.74) is 0. The van der Waals surface area contributed by atoms with Gasteiger partial charge < -0.3 is 10.2 Å². The van der Waals surface area contributed by atoms with Gasteiger partial charge in [0.05, 0.1) is 5.84 Å². The molecule has 3 heteroatoms. The van der Waals surface area contributed by atoms with Gasteiger partial charge in [-0.1, -0.05) is 0 Å². The van der Waals surface area contributed by atoms with Gasteiger partial charge in [0, 0.05) is 19.5 Å². The van der Waals surface area contributed by atoms with Crippen LogP contribution in [0, 0.1) is 5.92 Å². The smallest absolute Gasteiger partial charge is 0.0963 e. The second-order valence-electron chi connectivity index (χ2n) is 5.25. The molecule has 16 heavy (non-hydrogen) atoms. The average Bonchev–Trinajstić information content (AvgIpc) is 2.33. The molecule has 3 nitrogen and oxygen atoms in total. The van der Waals surface area contributed by atoms with E-state index in [2.05, 4.69) is 22.3 Å². The van der Waals surface area contributed by atoms with Crippen LogP contribution in [0.15, 0.2) is 4.99 Å². The number of hydrogen-bond acceptors (Lipinski definition) is 3. The number of nitrogens with one attached hydrogen (secondary N) is 1. The lowest BCUT2D eigenvalue weighted by molar-refractivity contribution is 0.213. The number of likely N-dealkylation sites (tertiary alicyclic amines) is 1. The van der Waals surface area contributed by atoms with Gasteiger partial charge in [-0.25, -0.2) is 0 Å². The van der Waals surface area contributed by atoms with Gasteiger partial charge in [0.25, 0.3) is 0 Å². The predicted octanol–water partition coefficient (Wildman–Crippen LogP) is 1.89. The Labute approximate surface area is 99.3 Å². The maximum atomic E-state index is 4.52. The number of hydrogen-bond donors (Lipinski definition) is 1. The molecule has 0 atom stereocenters. The monoisotopic (exact) mass is 223 g/mol. The molecule has 0 amide bonds. The molecule has 2 aliphatic heterocycles. The van der Waals surface area contributed by atoms with E-state index in [1.165, 1.54) is 57.5 Å². The molecule has 1 fully saturated rings. The van der Waals surface area contributed by atoms with Crippen molar-refractivity contribution in [2.75, 3.05) is 33.2 Å². The number of amidine groups is 1. The van der Waals surface area contributed by atoms with Crippen molar-refractivity contribution in [3.8, 4) is 0 Å². The molecule has 2 rings (SSSR count). The third-order valence-corrected chi connectivity index (χ3v) is 3.84. The van der Waals surface area contributed by atoms with Crippen LogP contribution in [0.1, 0.15) is 38.5 Å². The lowest BCUT2D eigenvalue weighted by Gasteiger charge is -2.29. The number of piperidine rings is 1. The Morgan fingerprint density at radius 1 is 1.31 bits per heavy atom. The fraction of sp³-hybridized carbons (Fsp3) is 0.923. The van der Waals surface area contributed by atoms with Crippen LogP contribution in [0.3, 0.4) is 0 Å². The molecule has 2 heterocycles. The Morgan fingerprint density at radius 3 is 2.81 bits per heavy atom. The largest absolute Gasteiger partial charge is 0.374 e. The molecule has 0 radical (unpaired) electrons. The maximum absolute atomic E-state index is 4.52. The van der Waals surface area contributed by atoms with E-state index in [1.807, 2.05) is 0 Å². The molecule has 0 aromatic rings. The Kier molecular flexibility index (Phi) is 4.64. The van der Waals surface area contributed by atoms with E-state index in [0.717, 1.165) is 19.0 Å². The second kappa shape index (κ2) is 6.24. The fourth-order valence-electron chi connectivity index (χ4n) is 2.61. The zero-order valence-corrected chi connectivity index (χ0v) is 10.5. The minimum absolute atomic E-state index is 0.938. The van der Waals surface area contributed by atoms with Crippen LogP contribution in [0.2, 0.25) is 0 Å². The van der Waals surface area contributed by atoms with Crippen molar-refractivity contribution in [1.82, 2.24) is 10.2 Å². The molecule has 0 aromatic carbocycles. The molecular weight excluding hydrogens is 198 g/mol. The van der Waals surface area contributed by atoms with Crippen molar-refractivity contribution >= 4 is 5.84 Å². The molecule has 1 N–H and O–H groups in total. The highest BCUT2D eigenvalue weighted by Gasteiger charge is 2.16. The summed E-state index contributed by atoms with van der Waals surface area (Å²) in [6.45, 7) is 4.74. The van der Waals surface area contributed by atoms with Crippen molar-refractivity contribution in [2.45, 2.75) is 38.5 Å². The summed E-state index contributed by atoms with van der Waals surface area (Å²) in [4.78, 5) is 6.96. The standard InChI is InChI=1S/C13H25N3/c1-16-10-6-12(7-11-16)5-9-15-13-4-2-3-8-14-13/h12H,2-11H2,1H3,(H,14,15). The lowest BCUT2D eigenvalue weighted by Crippen LogP contribution is -2.33. The molecule has 1 saturated heterocycles. The van der Waals surface area contributed by atoms with E-state index < -0.39 is 0 Å². The SMILES string of the molecule is CN1CCC(CCNC2=NCCCC2)CC1. The van der Waals surface area contributed by atoms with Crippen LogP contribution in [0.5, 0.6) is 0 Å². The van der Waals surface area contributed by atoms with E-state index in [4.69, 9.17) is 0 Å². The molecule has 92 valence electrons. The van der Waals surface area contributed by atoms with Crippen molar-refractivity contribution in [2.24, 2.45) is 10.9 Å². The maximum Gasteiger partial charge on any atom is 0.0963 e. The van der Waals surface area contributed by atoms with E-state index in [9.17, 15) is 0 Å². The summed E-state index contributed by atoms with van der Waals surface area (Å²) in [5.74, 6) is 2.20. The number of aliphatic imine (C=N–C) groups is 1. The van der Waals surface area contributed by atoms with Gasteiger partial charge in [-0.05, 0) is 58.2 Å². The van der Waals surface area contributed by atoms with Gasteiger partial charge >= 0.3 is 0 Å². The van der Waals surface area contributed by atoms with E-state index in [-0.39, 0.29) is 0 Å². The van der Waals surface area contributed by atoms with Gasteiger partial charge in [-0.3, -0.25) is 4.99 Å². The van der Waals surface area contributed by atoms with Crippen molar-refractivity contribution in [3.05, 3.63) is 0 Å². The Balaban J connectivity index is 1.59. The van der Waals surface area contributed by atoms with Crippen LogP contribution >= 0.6 is 0 Å². The quantitative estimate of drug-likeness (QED) is 0.791. The van der Waals surface area contributed by atoms with Crippen molar-refractivity contribution < 1.29 is 0 Å². The van der Waals surface area contributed by atoms with E-state index >= 15 is 0 Å². The molecule has 0 aromatic heterocycles. The first-order chi connectivity index (χ1) is 7.84. The molecule has 2 aliphatic rings. The second-order valence-corrected chi connectivity index (χ2v) is 5.25. The van der Waals surface area contributed by atoms with E-state index in [0.29, 0.717) is 0 Å². The molecule has 0 unspecified atom stereocenters. The van der Waals surface area contributed by atoms with Gasteiger partial charge in [0.15, 0.2) is 0 Å². The average molecular weight is 223 g/mol. The summed E-state index contributed by atoms with van der Waals surface area (Å²) in [7, 11) is 2.23. The first-order valence-corrected chi connectivity index (χ1v) is 6.80. The van der Waals surface area contributed by atoms with Crippen LogP contribution in [-0.2, 0) is 0 Å². The summed E-state index contributed by atoms with van der Waals surface area (Å²) >= 11 is 0. The third-order valence-electron chi connectivity index (χ3n) is 3.84. The summed E-state index contributed by atoms with van der Waals surface area (Å²) in [6.07, 6.45) is 7.86. The Morgan fingerprint density at radius 2 is 2.12 bits per heavy atom. The minimum Gasteiger partial charge on any atom is -0.374 e. The lowest BCUT2D eigenvalue weighted by atomic mass is 9.94. The van der Waals surface area contributed by atoms with Crippen LogP contribution in [0.25, 0.3) is 0 Å². The van der Waals surface area contributed by atoms with Gasteiger partial charge in [0.2, 0.25) is 0 Å². The predicted molar refractivity (Wildman–Crippen MR) is 69.0 cm³/mol. The number of nitrogens with zero attached hydrogens (tertiary/aromatic N) is 2. The topological polar surface area (TPSA) is 27.6 Å². The molecular formula is C13H25N3. The van der Waals surface area contributed by atoms with Crippen LogP contribution in [0.4, 0.5) is 0 Å².